The van der Waals surface area contributed by atoms with E-state index in [4.69, 9.17) is 0 Å². The van der Waals surface area contributed by atoms with Crippen molar-refractivity contribution in [2.75, 3.05) is 24.5 Å². The van der Waals surface area contributed by atoms with Gasteiger partial charge in [0.15, 0.2) is 5.82 Å². The van der Waals surface area contributed by atoms with Gasteiger partial charge in [-0.05, 0) is 17.7 Å². The number of piperazine rings is 1. The molecule has 0 amide bonds. The number of fused-ring (bicyclic) bond motifs is 1. The lowest BCUT2D eigenvalue weighted by molar-refractivity contribution is -0.157. The number of aromatic nitrogens is 2. The van der Waals surface area contributed by atoms with E-state index >= 15 is 0 Å². The zero-order valence-electron chi connectivity index (χ0n) is 14.4. The highest BCUT2D eigenvalue weighted by Crippen LogP contribution is 2.35. The third kappa shape index (κ3) is 3.49. The molecule has 1 aliphatic rings. The van der Waals surface area contributed by atoms with Crippen LogP contribution in [0.5, 0.6) is 0 Å². The molecule has 0 spiro atoms. The first-order valence-corrected chi connectivity index (χ1v) is 8.66. The molecule has 8 heteroatoms. The second-order valence-electron chi connectivity index (χ2n) is 6.68. The van der Waals surface area contributed by atoms with Gasteiger partial charge in [0.1, 0.15) is 11.9 Å². The summed E-state index contributed by atoms with van der Waals surface area (Å²) in [6.07, 6.45) is -4.45. The van der Waals surface area contributed by atoms with Crippen molar-refractivity contribution in [3.8, 4) is 0 Å². The summed E-state index contributed by atoms with van der Waals surface area (Å²) in [6, 6.07) is 12.0. The molecule has 1 aromatic heterocycles. The normalized spacial score (nSPS) is 19.0. The Morgan fingerprint density at radius 1 is 1.04 bits per heavy atom. The van der Waals surface area contributed by atoms with E-state index in [-0.39, 0.29) is 24.3 Å². The minimum Gasteiger partial charge on any atom is -0.340 e. The number of halogens is 4. The van der Waals surface area contributed by atoms with Crippen LogP contribution in [0.4, 0.5) is 23.4 Å². The van der Waals surface area contributed by atoms with Gasteiger partial charge in [0.25, 0.3) is 0 Å². The van der Waals surface area contributed by atoms with Crippen molar-refractivity contribution in [2.24, 2.45) is 0 Å². The molecule has 4 rings (SSSR count). The molecule has 142 valence electrons. The topological polar surface area (TPSA) is 35.2 Å². The molecule has 1 unspecified atom stereocenters. The van der Waals surface area contributed by atoms with Crippen molar-refractivity contribution in [1.29, 1.82) is 0 Å². The molecule has 0 radical (unpaired) electrons. The second kappa shape index (κ2) is 6.84. The van der Waals surface area contributed by atoms with E-state index in [1.807, 2.05) is 30.3 Å². The molecule has 3 aromatic rings. The first-order valence-electron chi connectivity index (χ1n) is 8.66. The first-order chi connectivity index (χ1) is 12.9. The van der Waals surface area contributed by atoms with E-state index in [1.54, 1.807) is 11.0 Å². The van der Waals surface area contributed by atoms with E-state index < -0.39 is 18.0 Å². The van der Waals surface area contributed by atoms with Crippen molar-refractivity contribution in [3.63, 3.8) is 0 Å². The van der Waals surface area contributed by atoms with Crippen molar-refractivity contribution in [1.82, 2.24) is 15.1 Å². The first kappa shape index (κ1) is 17.8. The Hall–Kier alpha value is -2.61. The number of hydrogen-bond donors (Lipinski definition) is 1. The molecule has 1 saturated heterocycles. The minimum atomic E-state index is -4.45. The maximum absolute atomic E-state index is 14.2. The van der Waals surface area contributed by atoms with Gasteiger partial charge in [-0.3, -0.25) is 10.00 Å². The third-order valence-electron chi connectivity index (χ3n) is 4.88. The van der Waals surface area contributed by atoms with E-state index in [0.717, 1.165) is 5.56 Å². The number of benzene rings is 2. The van der Waals surface area contributed by atoms with Crippen LogP contribution < -0.4 is 4.90 Å². The summed E-state index contributed by atoms with van der Waals surface area (Å²) in [6.45, 7) is 0.799. The Labute approximate surface area is 153 Å². The molecule has 0 aliphatic carbocycles. The van der Waals surface area contributed by atoms with Crippen molar-refractivity contribution >= 4 is 16.7 Å². The fourth-order valence-electron chi connectivity index (χ4n) is 3.58. The monoisotopic (exact) mass is 378 g/mol. The zero-order valence-corrected chi connectivity index (χ0v) is 14.4. The summed E-state index contributed by atoms with van der Waals surface area (Å²) in [5.41, 5.74) is 1.35. The summed E-state index contributed by atoms with van der Waals surface area (Å²) in [5.74, 6) is -0.561. The van der Waals surface area contributed by atoms with Crippen LogP contribution in [-0.2, 0) is 6.54 Å². The van der Waals surface area contributed by atoms with Gasteiger partial charge in [-0.2, -0.15) is 18.3 Å². The maximum atomic E-state index is 14.2. The summed E-state index contributed by atoms with van der Waals surface area (Å²) in [4.78, 5) is 2.94. The highest BCUT2D eigenvalue weighted by Gasteiger charge is 2.47. The van der Waals surface area contributed by atoms with Crippen LogP contribution in [0.15, 0.2) is 48.5 Å². The SMILES string of the molecule is Fc1cccc2[nH]nc(N3CCN(Cc4ccccc4)CC3C(F)(F)F)c12. The molecule has 0 bridgehead atoms. The van der Waals surface area contributed by atoms with E-state index in [9.17, 15) is 17.6 Å². The van der Waals surface area contributed by atoms with Gasteiger partial charge in [0.2, 0.25) is 0 Å². The van der Waals surface area contributed by atoms with Crippen molar-refractivity contribution in [2.45, 2.75) is 18.8 Å². The van der Waals surface area contributed by atoms with Crippen LogP contribution in [-0.4, -0.2) is 46.9 Å². The second-order valence-corrected chi connectivity index (χ2v) is 6.68. The van der Waals surface area contributed by atoms with Gasteiger partial charge in [0.05, 0.1) is 10.9 Å². The Balaban J connectivity index is 1.63. The maximum Gasteiger partial charge on any atom is 0.410 e. The van der Waals surface area contributed by atoms with Gasteiger partial charge in [-0.1, -0.05) is 36.4 Å². The summed E-state index contributed by atoms with van der Waals surface area (Å²) in [5, 5.41) is 6.73. The van der Waals surface area contributed by atoms with Crippen LogP contribution >= 0.6 is 0 Å². The molecule has 4 nitrogen and oxygen atoms in total. The lowest BCUT2D eigenvalue weighted by Crippen LogP contribution is -2.59. The number of aromatic amines is 1. The third-order valence-corrected chi connectivity index (χ3v) is 4.88. The van der Waals surface area contributed by atoms with Gasteiger partial charge in [0, 0.05) is 26.2 Å². The Morgan fingerprint density at radius 2 is 1.81 bits per heavy atom. The van der Waals surface area contributed by atoms with Gasteiger partial charge >= 0.3 is 6.18 Å². The summed E-state index contributed by atoms with van der Waals surface area (Å²) < 4.78 is 55.6. The number of anilines is 1. The largest absolute Gasteiger partial charge is 0.410 e. The lowest BCUT2D eigenvalue weighted by Gasteiger charge is -2.42. The highest BCUT2D eigenvalue weighted by molar-refractivity contribution is 5.90. The number of hydrogen-bond acceptors (Lipinski definition) is 3. The van der Waals surface area contributed by atoms with Crippen molar-refractivity contribution in [3.05, 3.63) is 59.9 Å². The standard InChI is InChI=1S/C19H18F4N4/c20-14-7-4-8-15-17(14)18(25-24-15)27-10-9-26(12-16(27)19(21,22)23)11-13-5-2-1-3-6-13/h1-8,16H,9-12H2,(H,24,25). The zero-order chi connectivity index (χ0) is 19.0. The summed E-state index contributed by atoms with van der Waals surface area (Å²) in [7, 11) is 0. The van der Waals surface area contributed by atoms with E-state index in [2.05, 4.69) is 10.2 Å². The lowest BCUT2D eigenvalue weighted by atomic mass is 10.1. The number of rotatable bonds is 3. The number of nitrogens with one attached hydrogen (secondary N) is 1. The van der Waals surface area contributed by atoms with Crippen LogP contribution in [0.1, 0.15) is 5.56 Å². The summed E-state index contributed by atoms with van der Waals surface area (Å²) >= 11 is 0. The van der Waals surface area contributed by atoms with Crippen LogP contribution in [0, 0.1) is 5.82 Å². The molecule has 27 heavy (non-hydrogen) atoms. The fraction of sp³-hybridized carbons (Fsp3) is 0.316. The number of alkyl halides is 3. The predicted octanol–water partition coefficient (Wildman–Crippen LogP) is 3.96. The fourth-order valence-corrected chi connectivity index (χ4v) is 3.58. The quantitative estimate of drug-likeness (QED) is 0.701. The molecule has 1 N–H and O–H groups in total. The van der Waals surface area contributed by atoms with Crippen LogP contribution in [0.2, 0.25) is 0 Å². The van der Waals surface area contributed by atoms with E-state index in [0.29, 0.717) is 18.6 Å². The average Bonchev–Trinajstić information content (AvgIpc) is 3.07. The molecule has 2 aromatic carbocycles. The molecule has 1 fully saturated rings. The molecule has 2 heterocycles. The van der Waals surface area contributed by atoms with E-state index in [1.165, 1.54) is 17.0 Å². The molecule has 1 aliphatic heterocycles. The number of nitrogens with zero attached hydrogens (tertiary/aromatic N) is 3. The average molecular weight is 378 g/mol. The van der Waals surface area contributed by atoms with Crippen molar-refractivity contribution < 1.29 is 17.6 Å². The molecule has 1 atom stereocenters. The molecular weight excluding hydrogens is 360 g/mol. The minimum absolute atomic E-state index is 0.0183. The molecule has 0 saturated carbocycles. The molecular formula is C19H18F4N4. The van der Waals surface area contributed by atoms with Gasteiger partial charge in [-0.25, -0.2) is 4.39 Å². The van der Waals surface area contributed by atoms with Crippen LogP contribution in [0.25, 0.3) is 10.9 Å². The Morgan fingerprint density at radius 3 is 2.56 bits per heavy atom. The smallest absolute Gasteiger partial charge is 0.340 e. The Bertz CT molecular complexity index is 922. The van der Waals surface area contributed by atoms with Gasteiger partial charge in [-0.15, -0.1) is 0 Å². The predicted molar refractivity (Wildman–Crippen MR) is 95.0 cm³/mol. The van der Waals surface area contributed by atoms with Crippen LogP contribution in [0.3, 0.4) is 0 Å². The van der Waals surface area contributed by atoms with Gasteiger partial charge < -0.3 is 4.90 Å². The highest BCUT2D eigenvalue weighted by atomic mass is 19.4. The Kier molecular flexibility index (Phi) is 4.51. The number of H-pyrrole nitrogens is 1.